The average molecular weight is 245 g/mol. The molecule has 0 aromatic carbocycles. The van der Waals surface area contributed by atoms with Crippen LogP contribution in [-0.4, -0.2) is 36.3 Å². The molecule has 96 valence electrons. The summed E-state index contributed by atoms with van der Waals surface area (Å²) in [5, 5.41) is 13.8. The molecule has 2 nitrogen and oxygen atoms in total. The van der Waals surface area contributed by atoms with Gasteiger partial charge in [0.05, 0.1) is 0 Å². The van der Waals surface area contributed by atoms with Gasteiger partial charge in [-0.15, -0.1) is 0 Å². The van der Waals surface area contributed by atoms with Crippen LogP contribution in [0.3, 0.4) is 0 Å². The zero-order chi connectivity index (χ0) is 11.9. The fourth-order valence-electron chi connectivity index (χ4n) is 2.47. The Morgan fingerprint density at radius 2 is 2.00 bits per heavy atom. The van der Waals surface area contributed by atoms with Crippen LogP contribution in [0.1, 0.15) is 45.4 Å². The Labute approximate surface area is 105 Å². The second-order valence-corrected chi connectivity index (χ2v) is 6.51. The molecule has 0 aromatic heterocycles. The van der Waals surface area contributed by atoms with Crippen molar-refractivity contribution < 1.29 is 5.11 Å². The molecule has 1 rings (SSSR count). The van der Waals surface area contributed by atoms with E-state index in [9.17, 15) is 5.11 Å². The van der Waals surface area contributed by atoms with Crippen LogP contribution < -0.4 is 5.32 Å². The van der Waals surface area contributed by atoms with Crippen molar-refractivity contribution in [2.45, 2.75) is 50.7 Å². The number of aliphatic hydroxyl groups excluding tert-OH is 1. The summed E-state index contributed by atoms with van der Waals surface area (Å²) >= 11 is 1.93. The van der Waals surface area contributed by atoms with Crippen molar-refractivity contribution in [1.29, 1.82) is 0 Å². The summed E-state index contributed by atoms with van der Waals surface area (Å²) in [4.78, 5) is 0. The minimum Gasteiger partial charge on any atom is -0.396 e. The summed E-state index contributed by atoms with van der Waals surface area (Å²) in [6.07, 6.45) is 9.74. The highest BCUT2D eigenvalue weighted by molar-refractivity contribution is 7.99. The molecule has 1 fully saturated rings. The van der Waals surface area contributed by atoms with E-state index >= 15 is 0 Å². The van der Waals surface area contributed by atoms with Gasteiger partial charge in [0, 0.05) is 23.8 Å². The molecule has 0 radical (unpaired) electrons. The van der Waals surface area contributed by atoms with Gasteiger partial charge in [0.25, 0.3) is 0 Å². The fourth-order valence-corrected chi connectivity index (χ4v) is 2.82. The molecule has 1 unspecified atom stereocenters. The lowest BCUT2D eigenvalue weighted by atomic mass is 9.74. The van der Waals surface area contributed by atoms with E-state index in [-0.39, 0.29) is 5.41 Å². The van der Waals surface area contributed by atoms with E-state index in [1.54, 1.807) is 0 Å². The monoisotopic (exact) mass is 245 g/mol. The zero-order valence-corrected chi connectivity index (χ0v) is 11.6. The third-order valence-corrected chi connectivity index (χ3v) is 4.92. The van der Waals surface area contributed by atoms with Gasteiger partial charge < -0.3 is 10.4 Å². The number of nitrogens with one attached hydrogen (secondary N) is 1. The van der Waals surface area contributed by atoms with Gasteiger partial charge in [0.15, 0.2) is 0 Å². The molecule has 1 aliphatic rings. The van der Waals surface area contributed by atoms with Crippen LogP contribution in [0, 0.1) is 5.41 Å². The molecule has 1 aliphatic carbocycles. The number of hydrogen-bond acceptors (Lipinski definition) is 3. The van der Waals surface area contributed by atoms with Crippen molar-refractivity contribution in [3.8, 4) is 0 Å². The Hall–Kier alpha value is 0.270. The van der Waals surface area contributed by atoms with Gasteiger partial charge in [-0.25, -0.2) is 0 Å². The van der Waals surface area contributed by atoms with Gasteiger partial charge in [-0.1, -0.05) is 26.2 Å². The molecule has 0 heterocycles. The Morgan fingerprint density at radius 3 is 2.56 bits per heavy atom. The van der Waals surface area contributed by atoms with Gasteiger partial charge in [-0.3, -0.25) is 0 Å². The van der Waals surface area contributed by atoms with E-state index in [0.29, 0.717) is 6.61 Å². The van der Waals surface area contributed by atoms with Crippen LogP contribution in [-0.2, 0) is 0 Å². The number of aliphatic hydroxyl groups is 1. The van der Waals surface area contributed by atoms with E-state index in [0.717, 1.165) is 18.3 Å². The predicted molar refractivity (Wildman–Crippen MR) is 73.1 cm³/mol. The minimum atomic E-state index is 0.195. The second-order valence-electron chi connectivity index (χ2n) is 5.23. The Bertz CT molecular complexity index is 181. The Kier molecular flexibility index (Phi) is 6.78. The maximum absolute atomic E-state index is 9.55. The van der Waals surface area contributed by atoms with Crippen molar-refractivity contribution in [2.75, 3.05) is 26.0 Å². The molecule has 0 aliphatic heterocycles. The summed E-state index contributed by atoms with van der Waals surface area (Å²) in [5.74, 6) is 0. The molecule has 3 heteroatoms. The lowest BCUT2D eigenvalue weighted by Gasteiger charge is -2.36. The first-order valence-electron chi connectivity index (χ1n) is 6.57. The molecule has 1 atom stereocenters. The summed E-state index contributed by atoms with van der Waals surface area (Å²) < 4.78 is 0. The van der Waals surface area contributed by atoms with Gasteiger partial charge in [0.1, 0.15) is 0 Å². The molecular weight excluding hydrogens is 218 g/mol. The lowest BCUT2D eigenvalue weighted by molar-refractivity contribution is 0.0815. The smallest absolute Gasteiger partial charge is 0.0499 e. The van der Waals surface area contributed by atoms with E-state index in [1.165, 1.54) is 38.5 Å². The first-order chi connectivity index (χ1) is 7.72. The zero-order valence-electron chi connectivity index (χ0n) is 10.8. The minimum absolute atomic E-state index is 0.195. The van der Waals surface area contributed by atoms with Crippen molar-refractivity contribution in [3.63, 3.8) is 0 Å². The SMILES string of the molecule is CSC(C)CCNCC1(CO)CCCCC1. The largest absolute Gasteiger partial charge is 0.396 e. The number of hydrogen-bond donors (Lipinski definition) is 2. The standard InChI is InChI=1S/C13H27NOS/c1-12(16-2)6-9-14-10-13(11-15)7-4-3-5-8-13/h12,14-15H,3-11H2,1-2H3. The van der Waals surface area contributed by atoms with E-state index < -0.39 is 0 Å². The van der Waals surface area contributed by atoms with E-state index in [1.807, 2.05) is 11.8 Å². The summed E-state index contributed by atoms with van der Waals surface area (Å²) in [6, 6.07) is 0. The van der Waals surface area contributed by atoms with Crippen LogP contribution in [0.15, 0.2) is 0 Å². The third-order valence-electron chi connectivity index (χ3n) is 3.88. The highest BCUT2D eigenvalue weighted by atomic mass is 32.2. The molecule has 0 aromatic rings. The van der Waals surface area contributed by atoms with Gasteiger partial charge >= 0.3 is 0 Å². The number of thioether (sulfide) groups is 1. The average Bonchev–Trinajstić information content (AvgIpc) is 2.35. The van der Waals surface area contributed by atoms with Crippen molar-refractivity contribution in [2.24, 2.45) is 5.41 Å². The maximum atomic E-state index is 9.55. The molecule has 0 amide bonds. The number of rotatable bonds is 7. The van der Waals surface area contributed by atoms with Crippen LogP contribution in [0.5, 0.6) is 0 Å². The van der Waals surface area contributed by atoms with Crippen LogP contribution >= 0.6 is 11.8 Å². The quantitative estimate of drug-likeness (QED) is 0.676. The Balaban J connectivity index is 2.18. The summed E-state index contributed by atoms with van der Waals surface area (Å²) in [7, 11) is 0. The molecular formula is C13H27NOS. The highest BCUT2D eigenvalue weighted by Gasteiger charge is 2.30. The third kappa shape index (κ3) is 4.64. The highest BCUT2D eigenvalue weighted by Crippen LogP contribution is 2.35. The van der Waals surface area contributed by atoms with Crippen molar-refractivity contribution >= 4 is 11.8 Å². The molecule has 0 saturated heterocycles. The molecule has 1 saturated carbocycles. The van der Waals surface area contributed by atoms with Crippen LogP contribution in [0.2, 0.25) is 0 Å². The molecule has 2 N–H and O–H groups in total. The van der Waals surface area contributed by atoms with Crippen LogP contribution in [0.4, 0.5) is 0 Å². The molecule has 0 spiro atoms. The van der Waals surface area contributed by atoms with E-state index in [2.05, 4.69) is 18.5 Å². The van der Waals surface area contributed by atoms with Crippen molar-refractivity contribution in [1.82, 2.24) is 5.32 Å². The Morgan fingerprint density at radius 1 is 1.31 bits per heavy atom. The van der Waals surface area contributed by atoms with Crippen molar-refractivity contribution in [3.05, 3.63) is 0 Å². The predicted octanol–water partition coefficient (Wildman–Crippen LogP) is 2.66. The normalized spacial score (nSPS) is 21.9. The van der Waals surface area contributed by atoms with E-state index in [4.69, 9.17) is 0 Å². The fraction of sp³-hybridized carbons (Fsp3) is 1.00. The topological polar surface area (TPSA) is 32.3 Å². The maximum Gasteiger partial charge on any atom is 0.0499 e. The summed E-state index contributed by atoms with van der Waals surface area (Å²) in [5.41, 5.74) is 0.195. The molecule has 16 heavy (non-hydrogen) atoms. The van der Waals surface area contributed by atoms with Gasteiger partial charge in [-0.2, -0.15) is 11.8 Å². The van der Waals surface area contributed by atoms with Gasteiger partial charge in [-0.05, 0) is 32.1 Å². The first-order valence-corrected chi connectivity index (χ1v) is 7.85. The second kappa shape index (κ2) is 7.57. The van der Waals surface area contributed by atoms with Crippen LogP contribution in [0.25, 0.3) is 0 Å². The summed E-state index contributed by atoms with van der Waals surface area (Å²) in [6.45, 7) is 4.72. The van der Waals surface area contributed by atoms with Gasteiger partial charge in [0.2, 0.25) is 0 Å². The lowest BCUT2D eigenvalue weighted by Crippen LogP contribution is -2.39. The molecule has 0 bridgehead atoms. The first kappa shape index (κ1) is 14.3.